The fourth-order valence-corrected chi connectivity index (χ4v) is 3.88. The number of methoxy groups -OCH3 is 2. The Morgan fingerprint density at radius 2 is 1.46 bits per heavy atom. The molecule has 1 aliphatic heterocycles. The van der Waals surface area contributed by atoms with Crippen LogP contribution >= 0.6 is 15.9 Å². The maximum atomic E-state index is 5.31. The molecule has 0 spiro atoms. The summed E-state index contributed by atoms with van der Waals surface area (Å²) in [5.74, 6) is 1.70. The van der Waals surface area contributed by atoms with Crippen LogP contribution in [0.4, 0.5) is 5.69 Å². The predicted octanol–water partition coefficient (Wildman–Crippen LogP) is 5.82. The highest BCUT2D eigenvalue weighted by Crippen LogP contribution is 2.40. The van der Waals surface area contributed by atoms with Crippen LogP contribution < -0.4 is 14.5 Å². The Morgan fingerprint density at radius 1 is 0.857 bits per heavy atom. The van der Waals surface area contributed by atoms with Gasteiger partial charge in [0, 0.05) is 10.9 Å². The van der Waals surface area contributed by atoms with Crippen LogP contribution in [0, 0.1) is 0 Å². The fraction of sp³-hybridized carbons (Fsp3) is 0.174. The zero-order valence-corrected chi connectivity index (χ0v) is 17.4. The summed E-state index contributed by atoms with van der Waals surface area (Å²) in [6.45, 7) is 0. The van der Waals surface area contributed by atoms with Gasteiger partial charge in [0.2, 0.25) is 0 Å². The zero-order valence-electron chi connectivity index (χ0n) is 15.8. The number of para-hydroxylation sites is 1. The summed E-state index contributed by atoms with van der Waals surface area (Å²) in [7, 11) is 3.36. The highest BCUT2D eigenvalue weighted by atomic mass is 79.9. The number of benzene rings is 3. The summed E-state index contributed by atoms with van der Waals surface area (Å²) in [6, 6.07) is 24.6. The van der Waals surface area contributed by atoms with Crippen molar-refractivity contribution in [2.24, 2.45) is 5.10 Å². The Bertz CT molecular complexity index is 984. The van der Waals surface area contributed by atoms with Gasteiger partial charge in [0.05, 0.1) is 31.7 Å². The van der Waals surface area contributed by atoms with Crippen LogP contribution in [0.25, 0.3) is 0 Å². The van der Waals surface area contributed by atoms with Crippen molar-refractivity contribution < 1.29 is 9.47 Å². The molecule has 4 rings (SSSR count). The van der Waals surface area contributed by atoms with E-state index < -0.39 is 0 Å². The third kappa shape index (κ3) is 3.62. The molecule has 4 nitrogen and oxygen atoms in total. The Morgan fingerprint density at radius 3 is 2.07 bits per heavy atom. The van der Waals surface area contributed by atoms with Crippen LogP contribution in [0.2, 0.25) is 0 Å². The average Bonchev–Trinajstić information content (AvgIpc) is 3.19. The first-order valence-corrected chi connectivity index (χ1v) is 9.88. The van der Waals surface area contributed by atoms with Gasteiger partial charge in [-0.25, -0.2) is 0 Å². The number of hydrogen-bond donors (Lipinski definition) is 0. The SMILES string of the molecule is COc1ccc(C2=NN(c3ccccc3Br)[C@@H](c3ccc(OC)cc3)C2)cc1. The third-order valence-corrected chi connectivity index (χ3v) is 5.60. The minimum absolute atomic E-state index is 0.113. The molecule has 0 N–H and O–H groups in total. The lowest BCUT2D eigenvalue weighted by molar-refractivity contribution is 0.414. The first kappa shape index (κ1) is 18.6. The molecule has 0 radical (unpaired) electrons. The Labute approximate surface area is 173 Å². The van der Waals surface area contributed by atoms with E-state index in [0.717, 1.165) is 39.4 Å². The third-order valence-electron chi connectivity index (χ3n) is 4.93. The molecule has 1 atom stereocenters. The minimum atomic E-state index is 0.113. The van der Waals surface area contributed by atoms with Crippen LogP contribution in [0.3, 0.4) is 0 Å². The molecule has 1 aliphatic rings. The highest BCUT2D eigenvalue weighted by Gasteiger charge is 2.30. The quantitative estimate of drug-likeness (QED) is 0.504. The van der Waals surface area contributed by atoms with Gasteiger partial charge in [0.1, 0.15) is 11.5 Å². The number of hydrazone groups is 1. The molecule has 0 amide bonds. The van der Waals surface area contributed by atoms with E-state index in [2.05, 4.69) is 51.3 Å². The zero-order chi connectivity index (χ0) is 19.5. The maximum absolute atomic E-state index is 5.31. The monoisotopic (exact) mass is 436 g/mol. The number of nitrogens with zero attached hydrogens (tertiary/aromatic N) is 2. The molecule has 1 heterocycles. The van der Waals surface area contributed by atoms with Crippen molar-refractivity contribution in [2.75, 3.05) is 19.2 Å². The molecule has 0 saturated carbocycles. The van der Waals surface area contributed by atoms with Crippen molar-refractivity contribution in [3.8, 4) is 11.5 Å². The average molecular weight is 437 g/mol. The molecule has 0 aliphatic carbocycles. The van der Waals surface area contributed by atoms with Crippen LogP contribution in [0.15, 0.2) is 82.4 Å². The van der Waals surface area contributed by atoms with Crippen molar-refractivity contribution in [1.29, 1.82) is 0 Å². The number of hydrogen-bond acceptors (Lipinski definition) is 4. The van der Waals surface area contributed by atoms with Crippen LogP contribution in [-0.2, 0) is 0 Å². The van der Waals surface area contributed by atoms with Crippen molar-refractivity contribution >= 4 is 27.3 Å². The first-order chi connectivity index (χ1) is 13.7. The molecule has 0 unspecified atom stereocenters. The second kappa shape index (κ2) is 8.07. The number of anilines is 1. The largest absolute Gasteiger partial charge is 0.497 e. The number of rotatable bonds is 5. The normalized spacial score (nSPS) is 16.0. The summed E-state index contributed by atoms with van der Waals surface area (Å²) >= 11 is 3.68. The van der Waals surface area contributed by atoms with Crippen molar-refractivity contribution in [3.05, 3.63) is 88.4 Å². The lowest BCUT2D eigenvalue weighted by atomic mass is 9.98. The molecular formula is C23H21BrN2O2. The molecule has 3 aromatic carbocycles. The molecule has 0 saturated heterocycles. The second-order valence-corrected chi connectivity index (χ2v) is 7.42. The van der Waals surface area contributed by atoms with E-state index >= 15 is 0 Å². The van der Waals surface area contributed by atoms with Gasteiger partial charge in [0.15, 0.2) is 0 Å². The summed E-state index contributed by atoms with van der Waals surface area (Å²) in [5, 5.41) is 7.10. The second-order valence-electron chi connectivity index (χ2n) is 6.56. The maximum Gasteiger partial charge on any atom is 0.118 e. The van der Waals surface area contributed by atoms with Crippen molar-refractivity contribution in [3.63, 3.8) is 0 Å². The van der Waals surface area contributed by atoms with E-state index in [-0.39, 0.29) is 6.04 Å². The Hall–Kier alpha value is -2.79. The van der Waals surface area contributed by atoms with E-state index in [0.29, 0.717) is 0 Å². The van der Waals surface area contributed by atoms with Gasteiger partial charge in [-0.2, -0.15) is 5.10 Å². The van der Waals surface area contributed by atoms with Crippen LogP contribution in [0.5, 0.6) is 11.5 Å². The van der Waals surface area contributed by atoms with Crippen LogP contribution in [-0.4, -0.2) is 19.9 Å². The van der Waals surface area contributed by atoms with Crippen LogP contribution in [0.1, 0.15) is 23.6 Å². The summed E-state index contributed by atoms with van der Waals surface area (Å²) in [5.41, 5.74) is 4.41. The molecule has 28 heavy (non-hydrogen) atoms. The van der Waals surface area contributed by atoms with Gasteiger partial charge in [-0.05, 0) is 75.6 Å². The van der Waals surface area contributed by atoms with Gasteiger partial charge >= 0.3 is 0 Å². The number of ether oxygens (including phenoxy) is 2. The van der Waals surface area contributed by atoms with Crippen molar-refractivity contribution in [2.45, 2.75) is 12.5 Å². The molecule has 0 fully saturated rings. The Balaban J connectivity index is 1.73. The van der Waals surface area contributed by atoms with Gasteiger partial charge < -0.3 is 9.47 Å². The standard InChI is InChI=1S/C23H21BrN2O2/c1-27-18-11-7-16(8-12-18)21-15-23(17-9-13-19(28-2)14-10-17)26(25-21)22-6-4-3-5-20(22)24/h3-14,23H,15H2,1-2H3/t23-/m1/s1. The fourth-order valence-electron chi connectivity index (χ4n) is 3.41. The minimum Gasteiger partial charge on any atom is -0.497 e. The van der Waals surface area contributed by atoms with Gasteiger partial charge in [-0.1, -0.05) is 24.3 Å². The van der Waals surface area contributed by atoms with E-state index in [1.807, 2.05) is 42.5 Å². The lowest BCUT2D eigenvalue weighted by Crippen LogP contribution is -2.18. The summed E-state index contributed by atoms with van der Waals surface area (Å²) < 4.78 is 11.6. The molecule has 142 valence electrons. The molecule has 0 aromatic heterocycles. The predicted molar refractivity (Wildman–Crippen MR) is 117 cm³/mol. The first-order valence-electron chi connectivity index (χ1n) is 9.09. The van der Waals surface area contributed by atoms with E-state index in [9.17, 15) is 0 Å². The molecule has 5 heteroatoms. The van der Waals surface area contributed by atoms with Crippen molar-refractivity contribution in [1.82, 2.24) is 0 Å². The lowest BCUT2D eigenvalue weighted by Gasteiger charge is -2.25. The smallest absolute Gasteiger partial charge is 0.118 e. The van der Waals surface area contributed by atoms with Gasteiger partial charge in [0.25, 0.3) is 0 Å². The topological polar surface area (TPSA) is 34.1 Å². The summed E-state index contributed by atoms with van der Waals surface area (Å²) in [4.78, 5) is 0. The highest BCUT2D eigenvalue weighted by molar-refractivity contribution is 9.10. The van der Waals surface area contributed by atoms with E-state index in [1.54, 1.807) is 14.2 Å². The summed E-state index contributed by atoms with van der Waals surface area (Å²) in [6.07, 6.45) is 0.819. The molecule has 3 aromatic rings. The van der Waals surface area contributed by atoms with E-state index in [4.69, 9.17) is 14.6 Å². The van der Waals surface area contributed by atoms with Gasteiger partial charge in [-0.3, -0.25) is 5.01 Å². The molecular weight excluding hydrogens is 416 g/mol. The van der Waals surface area contributed by atoms with Gasteiger partial charge in [-0.15, -0.1) is 0 Å². The van der Waals surface area contributed by atoms with E-state index in [1.165, 1.54) is 5.56 Å². The Kier molecular flexibility index (Phi) is 5.35. The number of halogens is 1. The molecule has 0 bridgehead atoms.